The molecule has 6 heteroatoms. The van der Waals surface area contributed by atoms with Crippen LogP contribution in [-0.2, 0) is 4.79 Å². The zero-order chi connectivity index (χ0) is 18.9. The molecule has 0 unspecified atom stereocenters. The van der Waals surface area contributed by atoms with E-state index in [0.29, 0.717) is 11.5 Å². The van der Waals surface area contributed by atoms with Crippen LogP contribution >= 0.6 is 0 Å². The first-order chi connectivity index (χ1) is 13.1. The summed E-state index contributed by atoms with van der Waals surface area (Å²) in [4.78, 5) is 27.3. The molecule has 0 aromatic heterocycles. The Balaban J connectivity index is 1.58. The Bertz CT molecular complexity index is 729. The minimum absolute atomic E-state index is 0.119. The molecule has 1 saturated carbocycles. The first-order valence-corrected chi connectivity index (χ1v) is 10.3. The number of anilines is 2. The summed E-state index contributed by atoms with van der Waals surface area (Å²) < 4.78 is 0. The number of rotatable bonds is 4. The number of hydrogen-bond acceptors (Lipinski definition) is 4. The van der Waals surface area contributed by atoms with Gasteiger partial charge in [0.1, 0.15) is 0 Å². The van der Waals surface area contributed by atoms with E-state index < -0.39 is 5.91 Å². The molecule has 2 saturated heterocycles. The third-order valence-electron chi connectivity index (χ3n) is 6.71. The minimum atomic E-state index is -0.417. The lowest BCUT2D eigenvalue weighted by Crippen LogP contribution is -2.44. The van der Waals surface area contributed by atoms with Gasteiger partial charge in [-0.1, -0.05) is 12.8 Å². The summed E-state index contributed by atoms with van der Waals surface area (Å²) in [5, 5.41) is 6.59. The van der Waals surface area contributed by atoms with Crippen molar-refractivity contribution in [1.29, 1.82) is 0 Å². The Kier molecular flexibility index (Phi) is 5.08. The van der Waals surface area contributed by atoms with Gasteiger partial charge in [-0.15, -0.1) is 0 Å². The van der Waals surface area contributed by atoms with Crippen molar-refractivity contribution in [2.24, 2.45) is 17.1 Å². The lowest BCUT2D eigenvalue weighted by molar-refractivity contribution is -0.128. The van der Waals surface area contributed by atoms with E-state index in [9.17, 15) is 9.59 Å². The second kappa shape index (κ2) is 7.50. The van der Waals surface area contributed by atoms with E-state index in [1.807, 2.05) is 12.1 Å². The summed E-state index contributed by atoms with van der Waals surface area (Å²) in [5.41, 5.74) is 7.45. The van der Waals surface area contributed by atoms with Crippen molar-refractivity contribution in [3.8, 4) is 0 Å². The molecule has 1 aromatic rings. The molecule has 6 nitrogen and oxygen atoms in total. The molecule has 0 bridgehead atoms. The maximum absolute atomic E-state index is 13.2. The largest absolute Gasteiger partial charge is 0.371 e. The smallest absolute Gasteiger partial charge is 0.250 e. The standard InChI is InChI=1S/C21H30N4O2/c22-19(26)17-8-7-16(12-18(17)25-10-4-1-5-11-25)24-20(27)21-9-3-2-6-15(21)13-23-14-21/h7-8,12,15,23H,1-6,9-11,13-14H2,(H2,22,26)(H,24,27)/t15-,21+/m0/s1. The van der Waals surface area contributed by atoms with E-state index in [4.69, 9.17) is 5.73 Å². The first-order valence-electron chi connectivity index (χ1n) is 10.3. The highest BCUT2D eigenvalue weighted by molar-refractivity contribution is 6.01. The molecule has 1 aliphatic carbocycles. The van der Waals surface area contributed by atoms with Crippen LogP contribution in [0.25, 0.3) is 0 Å². The van der Waals surface area contributed by atoms with Gasteiger partial charge in [0.25, 0.3) is 5.91 Å². The van der Waals surface area contributed by atoms with Gasteiger partial charge in [-0.05, 0) is 62.8 Å². The van der Waals surface area contributed by atoms with E-state index in [1.165, 1.54) is 12.8 Å². The van der Waals surface area contributed by atoms with Crippen LogP contribution in [0.15, 0.2) is 18.2 Å². The van der Waals surface area contributed by atoms with Crippen LogP contribution in [-0.4, -0.2) is 38.0 Å². The molecule has 3 fully saturated rings. The maximum atomic E-state index is 13.2. The molecule has 2 amide bonds. The van der Waals surface area contributed by atoms with Gasteiger partial charge in [-0.3, -0.25) is 9.59 Å². The number of benzene rings is 1. The molecule has 0 radical (unpaired) electrons. The van der Waals surface area contributed by atoms with E-state index in [0.717, 1.165) is 69.7 Å². The van der Waals surface area contributed by atoms with Crippen molar-refractivity contribution < 1.29 is 9.59 Å². The predicted octanol–water partition coefficient (Wildman–Crippen LogP) is 2.49. The second-order valence-corrected chi connectivity index (χ2v) is 8.33. The van der Waals surface area contributed by atoms with E-state index in [1.54, 1.807) is 6.07 Å². The quantitative estimate of drug-likeness (QED) is 0.760. The summed E-state index contributed by atoms with van der Waals surface area (Å²) in [6.07, 6.45) is 7.86. The number of hydrogen-bond donors (Lipinski definition) is 3. The van der Waals surface area contributed by atoms with E-state index in [-0.39, 0.29) is 11.3 Å². The normalized spacial score (nSPS) is 27.9. The Labute approximate surface area is 160 Å². The van der Waals surface area contributed by atoms with Crippen LogP contribution < -0.4 is 21.3 Å². The molecule has 4 N–H and O–H groups in total. The zero-order valence-corrected chi connectivity index (χ0v) is 15.9. The number of amides is 2. The number of carbonyl (C=O) groups is 2. The number of piperidine rings is 1. The topological polar surface area (TPSA) is 87.5 Å². The summed E-state index contributed by atoms with van der Waals surface area (Å²) in [7, 11) is 0. The number of nitrogens with zero attached hydrogens (tertiary/aromatic N) is 1. The maximum Gasteiger partial charge on any atom is 0.250 e. The molecule has 2 atom stereocenters. The second-order valence-electron chi connectivity index (χ2n) is 8.33. The molecular weight excluding hydrogens is 340 g/mol. The molecule has 27 heavy (non-hydrogen) atoms. The van der Waals surface area contributed by atoms with Gasteiger partial charge in [0.2, 0.25) is 5.91 Å². The van der Waals surface area contributed by atoms with Gasteiger partial charge < -0.3 is 21.3 Å². The van der Waals surface area contributed by atoms with Gasteiger partial charge in [0.05, 0.1) is 16.7 Å². The lowest BCUT2D eigenvalue weighted by atomic mass is 9.67. The molecule has 2 aliphatic heterocycles. The van der Waals surface area contributed by atoms with Crippen LogP contribution in [0.2, 0.25) is 0 Å². The van der Waals surface area contributed by atoms with Crippen molar-refractivity contribution in [2.45, 2.75) is 44.9 Å². The first kappa shape index (κ1) is 18.3. The van der Waals surface area contributed by atoms with Gasteiger partial charge >= 0.3 is 0 Å². The monoisotopic (exact) mass is 370 g/mol. The molecule has 3 aliphatic rings. The summed E-state index contributed by atoms with van der Waals surface area (Å²) in [6.45, 7) is 3.55. The highest BCUT2D eigenvalue weighted by atomic mass is 16.2. The van der Waals surface area contributed by atoms with Crippen LogP contribution in [0.3, 0.4) is 0 Å². The minimum Gasteiger partial charge on any atom is -0.371 e. The van der Waals surface area contributed by atoms with Crippen molar-refractivity contribution in [3.63, 3.8) is 0 Å². The van der Waals surface area contributed by atoms with E-state index >= 15 is 0 Å². The third-order valence-corrected chi connectivity index (χ3v) is 6.71. The average Bonchev–Trinajstić information content (AvgIpc) is 3.14. The Morgan fingerprint density at radius 2 is 1.96 bits per heavy atom. The van der Waals surface area contributed by atoms with Crippen LogP contribution in [0.1, 0.15) is 55.3 Å². The van der Waals surface area contributed by atoms with Crippen LogP contribution in [0.5, 0.6) is 0 Å². The highest BCUT2D eigenvalue weighted by Crippen LogP contribution is 2.44. The highest BCUT2D eigenvalue weighted by Gasteiger charge is 2.49. The summed E-state index contributed by atoms with van der Waals surface area (Å²) >= 11 is 0. The fraction of sp³-hybridized carbons (Fsp3) is 0.619. The molecule has 146 valence electrons. The lowest BCUT2D eigenvalue weighted by Gasteiger charge is -2.37. The zero-order valence-electron chi connectivity index (χ0n) is 15.9. The Hall–Kier alpha value is -2.08. The Morgan fingerprint density at radius 1 is 1.15 bits per heavy atom. The summed E-state index contributed by atoms with van der Waals surface area (Å²) in [5.74, 6) is 0.130. The van der Waals surface area contributed by atoms with Crippen molar-refractivity contribution in [3.05, 3.63) is 23.8 Å². The van der Waals surface area contributed by atoms with Crippen molar-refractivity contribution in [1.82, 2.24) is 5.32 Å². The van der Waals surface area contributed by atoms with E-state index in [2.05, 4.69) is 15.5 Å². The van der Waals surface area contributed by atoms with Gasteiger partial charge in [0.15, 0.2) is 0 Å². The number of fused-ring (bicyclic) bond motifs is 1. The third kappa shape index (κ3) is 3.43. The number of primary amides is 1. The SMILES string of the molecule is NC(=O)c1ccc(NC(=O)[C@@]23CCCC[C@H]2CNC3)cc1N1CCCCC1. The van der Waals surface area contributed by atoms with Gasteiger partial charge in [-0.2, -0.15) is 0 Å². The van der Waals surface area contributed by atoms with Crippen molar-refractivity contribution in [2.75, 3.05) is 36.4 Å². The number of nitrogens with two attached hydrogens (primary N) is 1. The average molecular weight is 370 g/mol. The van der Waals surface area contributed by atoms with Crippen LogP contribution in [0, 0.1) is 11.3 Å². The van der Waals surface area contributed by atoms with Gasteiger partial charge in [-0.25, -0.2) is 0 Å². The molecule has 4 rings (SSSR count). The Morgan fingerprint density at radius 3 is 2.74 bits per heavy atom. The van der Waals surface area contributed by atoms with Crippen molar-refractivity contribution >= 4 is 23.2 Å². The molecule has 2 heterocycles. The molecule has 1 aromatic carbocycles. The molecule has 0 spiro atoms. The molecular formula is C21H30N4O2. The fourth-order valence-electron chi connectivity index (χ4n) is 5.16. The van der Waals surface area contributed by atoms with Crippen LogP contribution in [0.4, 0.5) is 11.4 Å². The number of carbonyl (C=O) groups excluding carboxylic acids is 2. The predicted molar refractivity (Wildman–Crippen MR) is 107 cm³/mol. The number of nitrogens with one attached hydrogen (secondary N) is 2. The fourth-order valence-corrected chi connectivity index (χ4v) is 5.16. The summed E-state index contributed by atoms with van der Waals surface area (Å²) in [6, 6.07) is 5.49. The van der Waals surface area contributed by atoms with Gasteiger partial charge in [0, 0.05) is 25.3 Å².